The lowest BCUT2D eigenvalue weighted by atomic mass is 10.2. The lowest BCUT2D eigenvalue weighted by Crippen LogP contribution is -2.32. The Hall–Kier alpha value is -2.16. The van der Waals surface area contributed by atoms with Crippen LogP contribution in [-0.2, 0) is 0 Å². The van der Waals surface area contributed by atoms with E-state index in [-0.39, 0.29) is 17.8 Å². The van der Waals surface area contributed by atoms with Crippen LogP contribution in [-0.4, -0.2) is 48.8 Å². The molecule has 3 rings (SSSR count). The van der Waals surface area contributed by atoms with Crippen LogP contribution in [0.5, 0.6) is 5.75 Å². The molecule has 2 aromatic carbocycles. The third kappa shape index (κ3) is 5.26. The van der Waals surface area contributed by atoms with Crippen molar-refractivity contribution in [1.82, 2.24) is 19.9 Å². The molecule has 0 saturated heterocycles. The van der Waals surface area contributed by atoms with Gasteiger partial charge in [-0.1, -0.05) is 13.3 Å². The number of amides is 2. The number of aromatic hydroxyl groups is 1. The quantitative estimate of drug-likeness (QED) is 0.210. The predicted molar refractivity (Wildman–Crippen MR) is 118 cm³/mol. The molecule has 10 heteroatoms. The number of thioether (sulfide) groups is 1. The number of phenols is 1. The highest BCUT2D eigenvalue weighted by molar-refractivity contribution is 7.99. The second-order valence-electron chi connectivity index (χ2n) is 6.25. The summed E-state index contributed by atoms with van der Waals surface area (Å²) in [5.74, 6) is 0.999. The van der Waals surface area contributed by atoms with Gasteiger partial charge < -0.3 is 10.4 Å². The summed E-state index contributed by atoms with van der Waals surface area (Å²) in [6, 6.07) is 10.1. The van der Waals surface area contributed by atoms with Gasteiger partial charge in [0.15, 0.2) is 0 Å². The summed E-state index contributed by atoms with van der Waals surface area (Å²) in [7, 11) is 0. The molecule has 0 unspecified atom stereocenters. The summed E-state index contributed by atoms with van der Waals surface area (Å²) in [5.41, 5.74) is 2.30. The van der Waals surface area contributed by atoms with Gasteiger partial charge in [-0.3, -0.25) is 4.90 Å². The van der Waals surface area contributed by atoms with E-state index < -0.39 is 6.03 Å². The van der Waals surface area contributed by atoms with Crippen molar-refractivity contribution >= 4 is 57.7 Å². The summed E-state index contributed by atoms with van der Waals surface area (Å²) in [5, 5.41) is 22.0. The van der Waals surface area contributed by atoms with Crippen molar-refractivity contribution in [1.29, 1.82) is 0 Å². The van der Waals surface area contributed by atoms with Crippen LogP contribution >= 0.6 is 35.0 Å². The molecule has 29 heavy (non-hydrogen) atoms. The minimum atomic E-state index is -0.460. The van der Waals surface area contributed by atoms with Crippen LogP contribution in [0.4, 0.5) is 10.5 Å². The van der Waals surface area contributed by atoms with Crippen LogP contribution in [0.1, 0.15) is 19.8 Å². The third-order valence-electron chi connectivity index (χ3n) is 4.14. The van der Waals surface area contributed by atoms with E-state index in [0.29, 0.717) is 11.4 Å². The van der Waals surface area contributed by atoms with Crippen molar-refractivity contribution in [3.8, 4) is 11.4 Å². The summed E-state index contributed by atoms with van der Waals surface area (Å²) in [6.07, 6.45) is 2.33. The molecule has 154 valence electrons. The second kappa shape index (κ2) is 10.0. The Morgan fingerprint density at radius 1 is 1.17 bits per heavy atom. The van der Waals surface area contributed by atoms with Gasteiger partial charge in [0, 0.05) is 16.6 Å². The number of phenolic OH excluding ortho intramolecular Hbond substituents is 1. The van der Waals surface area contributed by atoms with Gasteiger partial charge in [0.25, 0.3) is 0 Å². The largest absolute Gasteiger partial charge is 0.506 e. The molecule has 2 N–H and O–H groups in total. The first-order valence-electron chi connectivity index (χ1n) is 9.07. The standard InChI is InChI=1S/C19H21Cl2N5O2S/c1-2-3-8-29-14-5-6-15-16(10-14)24-26(23-15)17-7-4-13(9-18(17)27)22-19(28)25(11-20)12-21/h4-7,9-10,27H,2-3,8,11-12H2,1H3,(H,22,28). The molecule has 1 aromatic heterocycles. The van der Waals surface area contributed by atoms with Crippen molar-refractivity contribution in [2.45, 2.75) is 24.7 Å². The SMILES string of the molecule is CCCCSc1ccc2nn(-c3ccc(NC(=O)N(CCl)CCl)cc3O)nc2c1. The van der Waals surface area contributed by atoms with Crippen LogP contribution < -0.4 is 5.32 Å². The van der Waals surface area contributed by atoms with Gasteiger partial charge in [0.05, 0.1) is 12.0 Å². The minimum Gasteiger partial charge on any atom is -0.506 e. The van der Waals surface area contributed by atoms with Gasteiger partial charge in [0.1, 0.15) is 22.5 Å². The summed E-state index contributed by atoms with van der Waals surface area (Å²) >= 11 is 13.1. The van der Waals surface area contributed by atoms with E-state index in [2.05, 4.69) is 22.4 Å². The van der Waals surface area contributed by atoms with E-state index in [4.69, 9.17) is 23.2 Å². The Morgan fingerprint density at radius 3 is 2.62 bits per heavy atom. The summed E-state index contributed by atoms with van der Waals surface area (Å²) < 4.78 is 0. The highest BCUT2D eigenvalue weighted by Crippen LogP contribution is 2.27. The number of fused-ring (bicyclic) bond motifs is 1. The van der Waals surface area contributed by atoms with Crippen LogP contribution in [0.3, 0.4) is 0 Å². The molecule has 2 amide bonds. The fraction of sp³-hybridized carbons (Fsp3) is 0.316. The Bertz CT molecular complexity index is 994. The van der Waals surface area contributed by atoms with E-state index in [1.165, 1.54) is 22.2 Å². The summed E-state index contributed by atoms with van der Waals surface area (Å²) in [6.45, 7) is 2.17. The van der Waals surface area contributed by atoms with Gasteiger partial charge in [-0.25, -0.2) is 4.79 Å². The number of anilines is 1. The van der Waals surface area contributed by atoms with Crippen LogP contribution in [0.25, 0.3) is 16.7 Å². The topological polar surface area (TPSA) is 83.3 Å². The molecule has 0 spiro atoms. The number of halogens is 2. The van der Waals surface area contributed by atoms with Crippen molar-refractivity contribution in [3.63, 3.8) is 0 Å². The number of hydrogen-bond donors (Lipinski definition) is 2. The maximum absolute atomic E-state index is 12.0. The molecule has 7 nitrogen and oxygen atoms in total. The second-order valence-corrected chi connectivity index (χ2v) is 7.90. The zero-order valence-corrected chi connectivity index (χ0v) is 18.1. The fourth-order valence-electron chi connectivity index (χ4n) is 2.54. The zero-order chi connectivity index (χ0) is 20.8. The van der Waals surface area contributed by atoms with E-state index in [1.807, 2.05) is 18.2 Å². The molecule has 0 fully saturated rings. The highest BCUT2D eigenvalue weighted by Gasteiger charge is 2.14. The lowest BCUT2D eigenvalue weighted by Gasteiger charge is -2.17. The fourth-order valence-corrected chi connectivity index (χ4v) is 4.04. The number of rotatable bonds is 8. The van der Waals surface area contributed by atoms with Crippen molar-refractivity contribution in [2.75, 3.05) is 23.1 Å². The number of urea groups is 1. The first kappa shape index (κ1) is 21.5. The number of unbranched alkanes of at least 4 members (excludes halogenated alkanes) is 1. The van der Waals surface area contributed by atoms with Gasteiger partial charge in [-0.15, -0.1) is 50.0 Å². The number of aromatic nitrogens is 3. The predicted octanol–water partition coefficient (Wildman–Crippen LogP) is 5.24. The molecule has 0 aliphatic rings. The third-order valence-corrected chi connectivity index (χ3v) is 5.79. The number of nitrogens with one attached hydrogen (secondary N) is 1. The Labute approximate surface area is 183 Å². The number of alkyl halides is 2. The maximum atomic E-state index is 12.0. The van der Waals surface area contributed by atoms with E-state index >= 15 is 0 Å². The first-order valence-corrected chi connectivity index (χ1v) is 11.1. The molecular formula is C19H21Cl2N5O2S. The number of nitrogens with zero attached hydrogens (tertiary/aromatic N) is 4. The number of carbonyl (C=O) groups excluding carboxylic acids is 1. The van der Waals surface area contributed by atoms with Crippen LogP contribution in [0, 0.1) is 0 Å². The average molecular weight is 454 g/mol. The Kier molecular flexibility index (Phi) is 7.46. The average Bonchev–Trinajstić information content (AvgIpc) is 3.12. The van der Waals surface area contributed by atoms with Gasteiger partial charge in [-0.05, 0) is 42.5 Å². The molecule has 3 aromatic rings. The molecule has 0 atom stereocenters. The smallest absolute Gasteiger partial charge is 0.323 e. The molecule has 0 radical (unpaired) electrons. The van der Waals surface area contributed by atoms with Gasteiger partial charge >= 0.3 is 6.03 Å². The van der Waals surface area contributed by atoms with E-state index in [9.17, 15) is 9.90 Å². The Balaban J connectivity index is 1.79. The van der Waals surface area contributed by atoms with E-state index in [1.54, 1.807) is 23.9 Å². The normalized spacial score (nSPS) is 11.0. The van der Waals surface area contributed by atoms with E-state index in [0.717, 1.165) is 28.1 Å². The van der Waals surface area contributed by atoms with Gasteiger partial charge in [0.2, 0.25) is 0 Å². The number of carbonyl (C=O) groups is 1. The minimum absolute atomic E-state index is 0.0398. The van der Waals surface area contributed by atoms with Crippen LogP contribution in [0.2, 0.25) is 0 Å². The lowest BCUT2D eigenvalue weighted by molar-refractivity contribution is 0.226. The maximum Gasteiger partial charge on any atom is 0.323 e. The number of hydrogen-bond acceptors (Lipinski definition) is 5. The molecule has 1 heterocycles. The first-order chi connectivity index (χ1) is 14.0. The molecule has 0 aliphatic heterocycles. The molecule has 0 aliphatic carbocycles. The van der Waals surface area contributed by atoms with Crippen molar-refractivity contribution in [3.05, 3.63) is 36.4 Å². The zero-order valence-electron chi connectivity index (χ0n) is 15.8. The van der Waals surface area contributed by atoms with Crippen molar-refractivity contribution < 1.29 is 9.90 Å². The summed E-state index contributed by atoms with van der Waals surface area (Å²) in [4.78, 5) is 15.7. The number of benzene rings is 2. The van der Waals surface area contributed by atoms with Crippen molar-refractivity contribution in [2.24, 2.45) is 0 Å². The highest BCUT2D eigenvalue weighted by atomic mass is 35.5. The molecule has 0 saturated carbocycles. The molecular weight excluding hydrogens is 433 g/mol. The Morgan fingerprint density at radius 2 is 1.93 bits per heavy atom. The molecule has 0 bridgehead atoms. The van der Waals surface area contributed by atoms with Crippen LogP contribution in [0.15, 0.2) is 41.3 Å². The van der Waals surface area contributed by atoms with Gasteiger partial charge in [-0.2, -0.15) is 0 Å². The monoisotopic (exact) mass is 453 g/mol.